The number of benzene rings is 2. The minimum atomic E-state index is -0.768. The lowest BCUT2D eigenvalue weighted by molar-refractivity contribution is -0.132. The van der Waals surface area contributed by atoms with Gasteiger partial charge in [-0.15, -0.1) is 0 Å². The lowest BCUT2D eigenvalue weighted by Gasteiger charge is -2.05. The van der Waals surface area contributed by atoms with E-state index in [0.29, 0.717) is 22.3 Å². The first-order valence-corrected chi connectivity index (χ1v) is 8.59. The van der Waals surface area contributed by atoms with E-state index < -0.39 is 11.9 Å². The molecule has 1 aliphatic rings. The molecule has 0 spiro atoms. The van der Waals surface area contributed by atoms with Crippen LogP contribution in [-0.2, 0) is 9.53 Å². The average molecular weight is 380 g/mol. The Bertz CT molecular complexity index is 1250. The van der Waals surface area contributed by atoms with E-state index in [1.165, 1.54) is 6.08 Å². The molecule has 0 unspecified atom stereocenters. The minimum absolute atomic E-state index is 0.0295. The summed E-state index contributed by atoms with van der Waals surface area (Å²) in [7, 11) is 0. The average Bonchev–Trinajstić information content (AvgIpc) is 3.24. The van der Waals surface area contributed by atoms with Gasteiger partial charge in [-0.1, -0.05) is 60.7 Å². The predicted octanol–water partition coefficient (Wildman–Crippen LogP) is 4.40. The molecule has 0 saturated heterocycles. The summed E-state index contributed by atoms with van der Waals surface area (Å²) in [4.78, 5) is 12.2. The van der Waals surface area contributed by atoms with Crippen molar-refractivity contribution in [2.45, 2.75) is 0 Å². The Balaban J connectivity index is 1.94. The van der Waals surface area contributed by atoms with Crippen molar-refractivity contribution in [3.63, 3.8) is 0 Å². The van der Waals surface area contributed by atoms with Gasteiger partial charge in [0.05, 0.1) is 0 Å². The number of carbonyl (C=O) groups is 1. The Kier molecular flexibility index (Phi) is 4.44. The molecule has 1 aromatic heterocycles. The van der Waals surface area contributed by atoms with Gasteiger partial charge in [0.15, 0.2) is 0 Å². The van der Waals surface area contributed by atoms with E-state index in [4.69, 9.17) is 9.15 Å². The molecule has 1 aliphatic heterocycles. The third kappa shape index (κ3) is 3.05. The summed E-state index contributed by atoms with van der Waals surface area (Å²) >= 11 is 0. The zero-order valence-electron chi connectivity index (χ0n) is 14.9. The summed E-state index contributed by atoms with van der Waals surface area (Å²) in [6.07, 6.45) is 1.41. The fraction of sp³-hybridized carbons (Fsp3) is 0. The minimum Gasteiger partial charge on any atom is -0.480 e. The number of hydrogen-bond acceptors (Lipinski definition) is 6. The number of esters is 1. The van der Waals surface area contributed by atoms with E-state index in [-0.39, 0.29) is 22.7 Å². The second-order valence-corrected chi connectivity index (χ2v) is 6.13. The number of rotatable bonds is 3. The highest BCUT2D eigenvalue weighted by molar-refractivity contribution is 6.11. The molecule has 1 N–H and O–H groups in total. The number of nitriles is 2. The molecule has 6 nitrogen and oxygen atoms in total. The van der Waals surface area contributed by atoms with E-state index in [1.807, 2.05) is 24.3 Å². The predicted molar refractivity (Wildman–Crippen MR) is 104 cm³/mol. The number of hydrogen-bond donors (Lipinski definition) is 1. The summed E-state index contributed by atoms with van der Waals surface area (Å²) in [5.41, 5.74) is 1.81. The van der Waals surface area contributed by atoms with Gasteiger partial charge in [0.2, 0.25) is 0 Å². The molecule has 2 aromatic carbocycles. The van der Waals surface area contributed by atoms with E-state index >= 15 is 0 Å². The smallest absolute Gasteiger partial charge is 0.355 e. The molecule has 0 atom stereocenters. The maximum absolute atomic E-state index is 12.2. The molecule has 29 heavy (non-hydrogen) atoms. The molecular weight excluding hydrogens is 368 g/mol. The molecule has 0 radical (unpaired) electrons. The Morgan fingerprint density at radius 2 is 1.52 bits per heavy atom. The Labute approximate surface area is 165 Å². The third-order valence-electron chi connectivity index (χ3n) is 4.43. The highest BCUT2D eigenvalue weighted by atomic mass is 16.5. The van der Waals surface area contributed by atoms with Crippen LogP contribution in [0, 0.1) is 22.7 Å². The standard InChI is InChI=1S/C23H12N2O4/c24-12-16-20(14-7-3-1-4-8-14)18(28-22(16)26)11-19-21(15-9-5-2-6-10-15)17(13-25)23(27)29-19/h1-11,26H. The lowest BCUT2D eigenvalue weighted by Crippen LogP contribution is -1.96. The molecule has 2 heterocycles. The van der Waals surface area contributed by atoms with Crippen molar-refractivity contribution >= 4 is 17.6 Å². The topological polar surface area (TPSA) is 107 Å². The van der Waals surface area contributed by atoms with E-state index in [1.54, 1.807) is 48.5 Å². The van der Waals surface area contributed by atoms with Crippen LogP contribution in [0.5, 0.6) is 5.95 Å². The summed E-state index contributed by atoms with van der Waals surface area (Å²) in [5.74, 6) is -1.06. The molecule has 0 saturated carbocycles. The number of ether oxygens (including phenoxy) is 1. The Morgan fingerprint density at radius 1 is 0.897 bits per heavy atom. The van der Waals surface area contributed by atoms with Crippen LogP contribution in [0.1, 0.15) is 16.9 Å². The van der Waals surface area contributed by atoms with Crippen molar-refractivity contribution in [1.29, 1.82) is 10.5 Å². The second-order valence-electron chi connectivity index (χ2n) is 6.13. The molecule has 4 rings (SSSR count). The Morgan fingerprint density at radius 3 is 2.10 bits per heavy atom. The van der Waals surface area contributed by atoms with Crippen LogP contribution in [0.2, 0.25) is 0 Å². The van der Waals surface area contributed by atoms with Crippen LogP contribution < -0.4 is 0 Å². The van der Waals surface area contributed by atoms with Gasteiger partial charge in [-0.05, 0) is 11.1 Å². The monoisotopic (exact) mass is 380 g/mol. The van der Waals surface area contributed by atoms with E-state index in [0.717, 1.165) is 0 Å². The van der Waals surface area contributed by atoms with Crippen LogP contribution in [0.4, 0.5) is 0 Å². The molecule has 0 aliphatic carbocycles. The maximum atomic E-state index is 12.2. The van der Waals surface area contributed by atoms with Crippen molar-refractivity contribution in [3.05, 3.63) is 88.9 Å². The molecule has 6 heteroatoms. The summed E-state index contributed by atoms with van der Waals surface area (Å²) in [6, 6.07) is 21.6. The maximum Gasteiger partial charge on any atom is 0.355 e. The van der Waals surface area contributed by atoms with Gasteiger partial charge >= 0.3 is 11.9 Å². The summed E-state index contributed by atoms with van der Waals surface area (Å²) in [6.45, 7) is 0. The largest absolute Gasteiger partial charge is 0.480 e. The number of carbonyl (C=O) groups excluding carboxylic acids is 1. The van der Waals surface area contributed by atoms with E-state index in [2.05, 4.69) is 0 Å². The fourth-order valence-electron chi connectivity index (χ4n) is 3.17. The molecule has 0 fully saturated rings. The van der Waals surface area contributed by atoms with E-state index in [9.17, 15) is 20.4 Å². The number of allylic oxidation sites excluding steroid dienone is 1. The van der Waals surface area contributed by atoms with Gasteiger partial charge in [0.25, 0.3) is 0 Å². The third-order valence-corrected chi connectivity index (χ3v) is 4.43. The molecule has 0 amide bonds. The van der Waals surface area contributed by atoms with Crippen LogP contribution in [0.25, 0.3) is 22.8 Å². The Hall–Kier alpha value is -4.55. The molecule has 0 bridgehead atoms. The van der Waals surface area contributed by atoms with Crippen LogP contribution in [0.15, 0.2) is 76.4 Å². The highest BCUT2D eigenvalue weighted by Gasteiger charge is 2.32. The number of furan rings is 1. The van der Waals surface area contributed by atoms with Crippen LogP contribution >= 0.6 is 0 Å². The van der Waals surface area contributed by atoms with Gasteiger partial charge in [0.1, 0.15) is 34.8 Å². The van der Waals surface area contributed by atoms with Crippen molar-refractivity contribution < 1.29 is 19.1 Å². The number of aromatic hydroxyl groups is 1. The van der Waals surface area contributed by atoms with Crippen molar-refractivity contribution in [2.75, 3.05) is 0 Å². The van der Waals surface area contributed by atoms with Gasteiger partial charge < -0.3 is 14.3 Å². The molecule has 3 aromatic rings. The quantitative estimate of drug-likeness (QED) is 0.675. The summed E-state index contributed by atoms with van der Waals surface area (Å²) in [5, 5.41) is 29.0. The fourth-order valence-corrected chi connectivity index (χ4v) is 3.17. The molecule has 138 valence electrons. The van der Waals surface area contributed by atoms with Gasteiger partial charge in [-0.3, -0.25) is 0 Å². The van der Waals surface area contributed by atoms with Crippen molar-refractivity contribution in [3.8, 4) is 29.2 Å². The second kappa shape index (κ2) is 7.22. The van der Waals surface area contributed by atoms with Gasteiger partial charge in [0, 0.05) is 17.2 Å². The SMILES string of the molecule is N#CC1=C(c2ccccc2)C(=Cc2oc(O)c(C#N)c2-c2ccccc2)OC1=O. The number of nitrogens with zero attached hydrogens (tertiary/aromatic N) is 2. The van der Waals surface area contributed by atoms with Crippen molar-refractivity contribution in [2.24, 2.45) is 0 Å². The van der Waals surface area contributed by atoms with Crippen molar-refractivity contribution in [1.82, 2.24) is 0 Å². The normalized spacial score (nSPS) is 14.6. The lowest BCUT2D eigenvalue weighted by atomic mass is 9.98. The van der Waals surface area contributed by atoms with Crippen LogP contribution in [-0.4, -0.2) is 11.1 Å². The van der Waals surface area contributed by atoms with Gasteiger partial charge in [-0.25, -0.2) is 4.79 Å². The van der Waals surface area contributed by atoms with Gasteiger partial charge in [-0.2, -0.15) is 10.5 Å². The first-order valence-electron chi connectivity index (χ1n) is 8.59. The first-order chi connectivity index (χ1) is 14.1. The molecular formula is C23H12N2O4. The van der Waals surface area contributed by atoms with Crippen LogP contribution in [0.3, 0.4) is 0 Å². The zero-order valence-corrected chi connectivity index (χ0v) is 14.9. The first kappa shape index (κ1) is 17.8. The zero-order chi connectivity index (χ0) is 20.4. The summed E-state index contributed by atoms with van der Waals surface area (Å²) < 4.78 is 10.7. The highest BCUT2D eigenvalue weighted by Crippen LogP contribution is 2.41. The number of cyclic esters (lactones) is 1.